The van der Waals surface area contributed by atoms with E-state index in [1.165, 1.54) is 17.0 Å². The number of hydrogen-bond donors (Lipinski definition) is 1. The van der Waals surface area contributed by atoms with Gasteiger partial charge in [-0.1, -0.05) is 28.8 Å². The maximum Gasteiger partial charge on any atom is 0.418 e. The number of rotatable bonds is 2. The number of carboxylic acids is 1. The average molecular weight is 366 g/mol. The molecule has 0 amide bonds. The molecule has 1 aromatic rings. The fraction of sp³-hybridized carbons (Fsp3) is 0.500. The van der Waals surface area contributed by atoms with E-state index in [9.17, 15) is 23.1 Å². The predicted molar refractivity (Wildman–Crippen MR) is 76.4 cm³/mol. The quantitative estimate of drug-likeness (QED) is 0.849. The maximum absolute atomic E-state index is 13.2. The van der Waals surface area contributed by atoms with Crippen molar-refractivity contribution in [3.8, 4) is 0 Å². The number of aliphatic carboxylic acids is 1. The van der Waals surface area contributed by atoms with Crippen LogP contribution in [0.5, 0.6) is 0 Å². The molecule has 1 fully saturated rings. The van der Waals surface area contributed by atoms with Gasteiger partial charge in [0.1, 0.15) is 6.04 Å². The molecule has 0 aliphatic carbocycles. The van der Waals surface area contributed by atoms with Gasteiger partial charge in [-0.25, -0.2) is 4.79 Å². The molecule has 0 spiro atoms. The largest absolute Gasteiger partial charge is 0.480 e. The van der Waals surface area contributed by atoms with Gasteiger partial charge in [0, 0.05) is 11.0 Å². The molecular formula is C14H15BrF3NO2. The van der Waals surface area contributed by atoms with E-state index in [0.717, 1.165) is 12.5 Å². The highest BCUT2D eigenvalue weighted by Gasteiger charge is 2.37. The van der Waals surface area contributed by atoms with E-state index in [2.05, 4.69) is 15.9 Å². The van der Waals surface area contributed by atoms with E-state index < -0.39 is 23.8 Å². The van der Waals surface area contributed by atoms with Crippen LogP contribution in [0.2, 0.25) is 0 Å². The molecule has 1 atom stereocenters. The third kappa shape index (κ3) is 3.70. The van der Waals surface area contributed by atoms with Crippen LogP contribution < -0.4 is 4.90 Å². The standard InChI is InChI=1S/C14H15BrF3NO2/c15-9-5-6-10(14(16,17)18)12(8-9)19-7-3-1-2-4-11(19)13(20)21/h5-6,8,11H,1-4,7H2,(H,20,21). The highest BCUT2D eigenvalue weighted by molar-refractivity contribution is 9.10. The molecule has 3 nitrogen and oxygen atoms in total. The van der Waals surface area contributed by atoms with Crippen molar-refractivity contribution in [1.82, 2.24) is 0 Å². The second-order valence-corrected chi connectivity index (χ2v) is 5.97. The minimum absolute atomic E-state index is 0.0637. The number of anilines is 1. The Balaban J connectivity index is 2.51. The zero-order valence-corrected chi connectivity index (χ0v) is 12.7. The fourth-order valence-electron chi connectivity index (χ4n) is 2.64. The number of halogens is 4. The summed E-state index contributed by atoms with van der Waals surface area (Å²) in [5.41, 5.74) is -0.856. The second-order valence-electron chi connectivity index (χ2n) is 5.06. The summed E-state index contributed by atoms with van der Waals surface area (Å²) in [6, 6.07) is 2.75. The molecule has 1 aliphatic rings. The van der Waals surface area contributed by atoms with Gasteiger partial charge >= 0.3 is 12.1 Å². The van der Waals surface area contributed by atoms with Crippen LogP contribution in [-0.2, 0) is 11.0 Å². The normalized spacial score (nSPS) is 20.2. The smallest absolute Gasteiger partial charge is 0.418 e. The van der Waals surface area contributed by atoms with Crippen molar-refractivity contribution >= 4 is 27.6 Å². The van der Waals surface area contributed by atoms with Crippen LogP contribution in [0.4, 0.5) is 18.9 Å². The number of nitrogens with zero attached hydrogens (tertiary/aromatic N) is 1. The highest BCUT2D eigenvalue weighted by atomic mass is 79.9. The number of benzene rings is 1. The summed E-state index contributed by atoms with van der Waals surface area (Å²) in [4.78, 5) is 12.8. The molecule has 0 saturated carbocycles. The van der Waals surface area contributed by atoms with Crippen molar-refractivity contribution in [3.05, 3.63) is 28.2 Å². The summed E-state index contributed by atoms with van der Waals surface area (Å²) in [5.74, 6) is -1.08. The molecule has 1 aromatic carbocycles. The van der Waals surface area contributed by atoms with Crippen LogP contribution in [-0.4, -0.2) is 23.7 Å². The Morgan fingerprint density at radius 1 is 1.29 bits per heavy atom. The molecule has 1 unspecified atom stereocenters. The van der Waals surface area contributed by atoms with E-state index in [0.29, 0.717) is 30.3 Å². The molecule has 1 heterocycles. The van der Waals surface area contributed by atoms with Gasteiger partial charge in [0.05, 0.1) is 11.3 Å². The van der Waals surface area contributed by atoms with Gasteiger partial charge in [-0.05, 0) is 31.0 Å². The lowest BCUT2D eigenvalue weighted by Gasteiger charge is -2.31. The van der Waals surface area contributed by atoms with Gasteiger partial charge in [-0.2, -0.15) is 13.2 Å². The SMILES string of the molecule is O=C(O)C1CCCCCN1c1cc(Br)ccc1C(F)(F)F. The molecule has 0 radical (unpaired) electrons. The van der Waals surface area contributed by atoms with Gasteiger partial charge in [0.2, 0.25) is 0 Å². The highest BCUT2D eigenvalue weighted by Crippen LogP contribution is 2.39. The van der Waals surface area contributed by atoms with Crippen LogP contribution >= 0.6 is 15.9 Å². The first-order chi connectivity index (χ1) is 9.80. The average Bonchev–Trinajstić information content (AvgIpc) is 2.62. The molecule has 1 aliphatic heterocycles. The summed E-state index contributed by atoms with van der Waals surface area (Å²) in [6.45, 7) is 0.316. The molecule has 2 rings (SSSR count). The third-order valence-electron chi connectivity index (χ3n) is 3.61. The Hall–Kier alpha value is -1.24. The van der Waals surface area contributed by atoms with Crippen molar-refractivity contribution in [2.24, 2.45) is 0 Å². The Bertz CT molecular complexity index is 533. The molecule has 0 aromatic heterocycles. The number of alkyl halides is 3. The van der Waals surface area contributed by atoms with Crippen LogP contribution in [0.3, 0.4) is 0 Å². The molecule has 7 heteroatoms. The van der Waals surface area contributed by atoms with E-state index >= 15 is 0 Å². The first-order valence-electron chi connectivity index (χ1n) is 6.67. The lowest BCUT2D eigenvalue weighted by molar-refractivity contribution is -0.140. The lowest BCUT2D eigenvalue weighted by Crippen LogP contribution is -2.41. The maximum atomic E-state index is 13.2. The number of hydrogen-bond acceptors (Lipinski definition) is 2. The van der Waals surface area contributed by atoms with Gasteiger partial charge in [0.15, 0.2) is 0 Å². The monoisotopic (exact) mass is 365 g/mol. The Morgan fingerprint density at radius 3 is 2.62 bits per heavy atom. The van der Waals surface area contributed by atoms with E-state index in [1.54, 1.807) is 0 Å². The van der Waals surface area contributed by atoms with Gasteiger partial charge in [-0.3, -0.25) is 0 Å². The molecule has 116 valence electrons. The Labute approximate surface area is 128 Å². The number of carbonyl (C=O) groups is 1. The zero-order valence-electron chi connectivity index (χ0n) is 11.2. The first-order valence-corrected chi connectivity index (χ1v) is 7.46. The summed E-state index contributed by atoms with van der Waals surface area (Å²) in [6.07, 6.45) is -1.92. The summed E-state index contributed by atoms with van der Waals surface area (Å²) < 4.78 is 40.0. The Kier molecular flexibility index (Phi) is 4.81. The lowest BCUT2D eigenvalue weighted by atomic mass is 10.1. The number of carboxylic acid groups (broad SMARTS) is 1. The summed E-state index contributed by atoms with van der Waals surface area (Å²) in [5, 5.41) is 9.32. The van der Waals surface area contributed by atoms with Crippen molar-refractivity contribution in [2.45, 2.75) is 37.9 Å². The minimum Gasteiger partial charge on any atom is -0.480 e. The van der Waals surface area contributed by atoms with E-state index in [-0.39, 0.29) is 5.69 Å². The second kappa shape index (κ2) is 6.25. The predicted octanol–water partition coefficient (Wildman–Crippen LogP) is 4.30. The molecule has 21 heavy (non-hydrogen) atoms. The van der Waals surface area contributed by atoms with Crippen molar-refractivity contribution < 1.29 is 23.1 Å². The van der Waals surface area contributed by atoms with Gasteiger partial charge < -0.3 is 10.0 Å². The Morgan fingerprint density at radius 2 is 2.00 bits per heavy atom. The van der Waals surface area contributed by atoms with Crippen molar-refractivity contribution in [2.75, 3.05) is 11.4 Å². The van der Waals surface area contributed by atoms with E-state index in [1.807, 2.05) is 0 Å². The topological polar surface area (TPSA) is 40.5 Å². The van der Waals surface area contributed by atoms with Crippen LogP contribution in [0.15, 0.2) is 22.7 Å². The third-order valence-corrected chi connectivity index (χ3v) is 4.11. The zero-order chi connectivity index (χ0) is 15.6. The van der Waals surface area contributed by atoms with Crippen LogP contribution in [0.1, 0.15) is 31.2 Å². The summed E-state index contributed by atoms with van der Waals surface area (Å²) in [7, 11) is 0. The van der Waals surface area contributed by atoms with Crippen molar-refractivity contribution in [3.63, 3.8) is 0 Å². The van der Waals surface area contributed by atoms with Crippen LogP contribution in [0, 0.1) is 0 Å². The fourth-order valence-corrected chi connectivity index (χ4v) is 2.98. The van der Waals surface area contributed by atoms with Crippen molar-refractivity contribution in [1.29, 1.82) is 0 Å². The first kappa shape index (κ1) is 16.1. The van der Waals surface area contributed by atoms with Gasteiger partial charge in [0.25, 0.3) is 0 Å². The molecule has 1 saturated heterocycles. The molecule has 0 bridgehead atoms. The van der Waals surface area contributed by atoms with Crippen LogP contribution in [0.25, 0.3) is 0 Å². The molecular weight excluding hydrogens is 351 g/mol. The van der Waals surface area contributed by atoms with E-state index in [4.69, 9.17) is 0 Å². The minimum atomic E-state index is -4.51. The summed E-state index contributed by atoms with van der Waals surface area (Å²) >= 11 is 3.16. The van der Waals surface area contributed by atoms with Gasteiger partial charge in [-0.15, -0.1) is 0 Å². The molecule has 1 N–H and O–H groups in total.